The molecule has 0 saturated heterocycles. The zero-order valence-electron chi connectivity index (χ0n) is 22.1. The van der Waals surface area contributed by atoms with E-state index in [1.54, 1.807) is 18.2 Å². The fourth-order valence-corrected chi connectivity index (χ4v) is 4.60. The van der Waals surface area contributed by atoms with Crippen molar-refractivity contribution in [3.63, 3.8) is 0 Å². The van der Waals surface area contributed by atoms with Gasteiger partial charge in [0.15, 0.2) is 11.6 Å². The van der Waals surface area contributed by atoms with Crippen LogP contribution in [0, 0.1) is 17.5 Å². The molecule has 0 bridgehead atoms. The predicted molar refractivity (Wildman–Crippen MR) is 144 cm³/mol. The third-order valence-corrected chi connectivity index (χ3v) is 6.70. The molecular formula is C32H30F6O2. The lowest BCUT2D eigenvalue weighted by Crippen LogP contribution is -2.19. The Hall–Kier alpha value is -3.68. The van der Waals surface area contributed by atoms with E-state index in [1.165, 1.54) is 19.3 Å². The van der Waals surface area contributed by atoms with Crippen molar-refractivity contribution in [2.75, 3.05) is 6.61 Å². The summed E-state index contributed by atoms with van der Waals surface area (Å²) in [6.45, 7) is 2.87. The van der Waals surface area contributed by atoms with E-state index in [2.05, 4.69) is 11.7 Å². The van der Waals surface area contributed by atoms with Crippen LogP contribution in [0.4, 0.5) is 26.3 Å². The van der Waals surface area contributed by atoms with Gasteiger partial charge in [0.1, 0.15) is 11.6 Å². The van der Waals surface area contributed by atoms with Gasteiger partial charge in [-0.15, -0.1) is 13.2 Å². The number of aryl methyl sites for hydroxylation is 2. The maximum Gasteiger partial charge on any atom is 0.573 e. The standard InChI is InChI=1S/C32H30F6O2/c1-2-3-4-5-6-17-39-26-14-11-22(12-15-26)24-13-16-27-25(20-24)10-9-23(30(27)35)8-7-21-18-28(33)31(29(34)19-21)40-32(36,37)38/h9-16,18-20H,2-8,17H2,1H3. The lowest BCUT2D eigenvalue weighted by Gasteiger charge is -2.12. The molecule has 0 aliphatic rings. The van der Waals surface area contributed by atoms with Crippen molar-refractivity contribution >= 4 is 10.8 Å². The van der Waals surface area contributed by atoms with Crippen molar-refractivity contribution < 1.29 is 35.8 Å². The van der Waals surface area contributed by atoms with E-state index in [9.17, 15) is 22.0 Å². The maximum absolute atomic E-state index is 15.3. The second-order valence-corrected chi connectivity index (χ2v) is 9.70. The molecule has 0 N–H and O–H groups in total. The first-order valence-corrected chi connectivity index (χ1v) is 13.3. The molecule has 8 heteroatoms. The summed E-state index contributed by atoms with van der Waals surface area (Å²) in [5.41, 5.74) is 2.29. The summed E-state index contributed by atoms with van der Waals surface area (Å²) in [6.07, 6.45) is 0.762. The van der Waals surface area contributed by atoms with Crippen LogP contribution in [0.15, 0.2) is 66.7 Å². The van der Waals surface area contributed by atoms with Crippen LogP contribution in [-0.4, -0.2) is 13.0 Å². The first-order valence-electron chi connectivity index (χ1n) is 13.3. The first-order chi connectivity index (χ1) is 19.1. The molecule has 0 radical (unpaired) electrons. The van der Waals surface area contributed by atoms with Crippen molar-refractivity contribution in [1.82, 2.24) is 0 Å². The minimum atomic E-state index is -5.22. The van der Waals surface area contributed by atoms with Gasteiger partial charge in [-0.05, 0) is 77.2 Å². The molecule has 4 aromatic carbocycles. The van der Waals surface area contributed by atoms with Gasteiger partial charge in [-0.2, -0.15) is 0 Å². The zero-order chi connectivity index (χ0) is 28.7. The van der Waals surface area contributed by atoms with Crippen LogP contribution in [0.1, 0.15) is 50.2 Å². The molecule has 0 aliphatic heterocycles. The Kier molecular flexibility index (Phi) is 9.61. The number of hydrogen-bond acceptors (Lipinski definition) is 2. The average Bonchev–Trinajstić information content (AvgIpc) is 2.92. The van der Waals surface area contributed by atoms with Crippen LogP contribution in [0.3, 0.4) is 0 Å². The molecule has 0 atom stereocenters. The molecule has 0 aromatic heterocycles. The molecule has 0 amide bonds. The number of ether oxygens (including phenoxy) is 2. The summed E-state index contributed by atoms with van der Waals surface area (Å²) in [7, 11) is 0. The zero-order valence-corrected chi connectivity index (χ0v) is 22.1. The lowest BCUT2D eigenvalue weighted by molar-refractivity contribution is -0.276. The van der Waals surface area contributed by atoms with Gasteiger partial charge in [0.25, 0.3) is 0 Å². The van der Waals surface area contributed by atoms with E-state index < -0.39 is 29.6 Å². The van der Waals surface area contributed by atoms with Gasteiger partial charge in [-0.1, -0.05) is 69.0 Å². The Bertz CT molecular complexity index is 1410. The van der Waals surface area contributed by atoms with Crippen molar-refractivity contribution in [3.05, 3.63) is 95.3 Å². The minimum absolute atomic E-state index is 0.0216. The molecule has 0 heterocycles. The van der Waals surface area contributed by atoms with Crippen LogP contribution >= 0.6 is 0 Å². The summed E-state index contributed by atoms with van der Waals surface area (Å²) < 4.78 is 89.6. The van der Waals surface area contributed by atoms with Crippen LogP contribution in [0.25, 0.3) is 21.9 Å². The van der Waals surface area contributed by atoms with Gasteiger partial charge in [0.2, 0.25) is 5.75 Å². The number of alkyl halides is 3. The smallest absolute Gasteiger partial charge is 0.494 e. The topological polar surface area (TPSA) is 18.5 Å². The van der Waals surface area contributed by atoms with E-state index in [-0.39, 0.29) is 18.4 Å². The number of hydrogen-bond donors (Lipinski definition) is 0. The van der Waals surface area contributed by atoms with E-state index in [0.717, 1.165) is 41.9 Å². The molecule has 40 heavy (non-hydrogen) atoms. The Labute approximate surface area is 229 Å². The monoisotopic (exact) mass is 560 g/mol. The Balaban J connectivity index is 1.41. The van der Waals surface area contributed by atoms with Gasteiger partial charge >= 0.3 is 6.36 Å². The van der Waals surface area contributed by atoms with Gasteiger partial charge in [0, 0.05) is 5.39 Å². The summed E-state index contributed by atoms with van der Waals surface area (Å²) in [4.78, 5) is 0. The van der Waals surface area contributed by atoms with Crippen molar-refractivity contribution in [3.8, 4) is 22.6 Å². The van der Waals surface area contributed by atoms with Gasteiger partial charge in [-0.25, -0.2) is 13.2 Å². The Morgan fingerprint density at radius 2 is 1.38 bits per heavy atom. The lowest BCUT2D eigenvalue weighted by atomic mass is 9.97. The second kappa shape index (κ2) is 13.1. The SMILES string of the molecule is CCCCCCCOc1ccc(-c2ccc3c(F)c(CCc4cc(F)c(OC(F)(F)F)c(F)c4)ccc3c2)cc1. The summed E-state index contributed by atoms with van der Waals surface area (Å²) in [5, 5.41) is 1.09. The largest absolute Gasteiger partial charge is 0.573 e. The van der Waals surface area contributed by atoms with Crippen LogP contribution < -0.4 is 9.47 Å². The number of rotatable bonds is 12. The van der Waals surface area contributed by atoms with Crippen LogP contribution in [-0.2, 0) is 12.8 Å². The Morgan fingerprint density at radius 1 is 0.700 bits per heavy atom. The number of unbranched alkanes of at least 4 members (excludes halogenated alkanes) is 4. The molecule has 0 aliphatic carbocycles. The van der Waals surface area contributed by atoms with Gasteiger partial charge < -0.3 is 9.47 Å². The number of halogens is 6. The summed E-state index contributed by atoms with van der Waals surface area (Å²) >= 11 is 0. The average molecular weight is 561 g/mol. The first kappa shape index (κ1) is 29.3. The number of fused-ring (bicyclic) bond motifs is 1. The fraction of sp³-hybridized carbons (Fsp3) is 0.312. The number of benzene rings is 4. The van der Waals surface area contributed by atoms with Crippen LogP contribution in [0.5, 0.6) is 11.5 Å². The fourth-order valence-electron chi connectivity index (χ4n) is 4.60. The molecule has 4 rings (SSSR count). The maximum atomic E-state index is 15.3. The van der Waals surface area contributed by atoms with E-state index >= 15 is 4.39 Å². The molecule has 0 unspecified atom stereocenters. The highest BCUT2D eigenvalue weighted by atomic mass is 19.4. The molecule has 212 valence electrons. The van der Waals surface area contributed by atoms with E-state index in [1.807, 2.05) is 36.4 Å². The summed E-state index contributed by atoms with van der Waals surface area (Å²) in [6, 6.07) is 18.1. The van der Waals surface area contributed by atoms with Crippen molar-refractivity contribution in [1.29, 1.82) is 0 Å². The Morgan fingerprint density at radius 3 is 2.05 bits per heavy atom. The molecule has 0 fully saturated rings. The highest BCUT2D eigenvalue weighted by molar-refractivity contribution is 5.88. The third kappa shape index (κ3) is 7.71. The molecule has 0 saturated carbocycles. The van der Waals surface area contributed by atoms with Crippen LogP contribution in [0.2, 0.25) is 0 Å². The van der Waals surface area contributed by atoms with Crippen molar-refractivity contribution in [2.24, 2.45) is 0 Å². The highest BCUT2D eigenvalue weighted by Gasteiger charge is 2.34. The second-order valence-electron chi connectivity index (χ2n) is 9.70. The third-order valence-electron chi connectivity index (χ3n) is 6.70. The molecule has 4 aromatic rings. The summed E-state index contributed by atoms with van der Waals surface area (Å²) in [5.74, 6) is -4.10. The molecular weight excluding hydrogens is 530 g/mol. The minimum Gasteiger partial charge on any atom is -0.494 e. The molecule has 2 nitrogen and oxygen atoms in total. The highest BCUT2D eigenvalue weighted by Crippen LogP contribution is 2.31. The normalized spacial score (nSPS) is 11.7. The molecule has 0 spiro atoms. The van der Waals surface area contributed by atoms with Gasteiger partial charge in [-0.3, -0.25) is 0 Å². The van der Waals surface area contributed by atoms with Gasteiger partial charge in [0.05, 0.1) is 6.61 Å². The van der Waals surface area contributed by atoms with E-state index in [4.69, 9.17) is 4.74 Å². The predicted octanol–water partition coefficient (Wildman–Crippen LogP) is 9.96. The quantitative estimate of drug-likeness (QED) is 0.127. The van der Waals surface area contributed by atoms with E-state index in [0.29, 0.717) is 22.9 Å². The van der Waals surface area contributed by atoms with Crippen molar-refractivity contribution in [2.45, 2.75) is 58.2 Å².